The van der Waals surface area contributed by atoms with Crippen molar-refractivity contribution in [3.63, 3.8) is 0 Å². The summed E-state index contributed by atoms with van der Waals surface area (Å²) in [6, 6.07) is 8.01. The van der Waals surface area contributed by atoms with Crippen molar-refractivity contribution in [2.24, 2.45) is 0 Å². The van der Waals surface area contributed by atoms with E-state index >= 15 is 0 Å². The van der Waals surface area contributed by atoms with Crippen LogP contribution in [0.4, 0.5) is 8.78 Å². The predicted molar refractivity (Wildman–Crippen MR) is 79.2 cm³/mol. The summed E-state index contributed by atoms with van der Waals surface area (Å²) in [6.45, 7) is 0.000710. The SMILES string of the molecule is COn1c(=O)n(Cc2cc(F)cc(F)c2)c2cc(Cl)ccc21. The van der Waals surface area contributed by atoms with Crippen LogP contribution < -0.4 is 10.5 Å². The first-order valence-electron chi connectivity index (χ1n) is 6.40. The molecule has 2 aromatic carbocycles. The molecule has 0 atom stereocenters. The van der Waals surface area contributed by atoms with Gasteiger partial charge in [-0.2, -0.15) is 0 Å². The fourth-order valence-electron chi connectivity index (χ4n) is 2.41. The van der Waals surface area contributed by atoms with Gasteiger partial charge in [0, 0.05) is 11.1 Å². The van der Waals surface area contributed by atoms with Crippen LogP contribution >= 0.6 is 11.6 Å². The third kappa shape index (κ3) is 2.46. The number of hydrogen-bond donors (Lipinski definition) is 0. The van der Waals surface area contributed by atoms with E-state index in [4.69, 9.17) is 16.4 Å². The van der Waals surface area contributed by atoms with Gasteiger partial charge in [0.25, 0.3) is 0 Å². The number of halogens is 3. The molecule has 0 aliphatic rings. The maximum Gasteiger partial charge on any atom is 0.362 e. The third-order valence-electron chi connectivity index (χ3n) is 3.30. The van der Waals surface area contributed by atoms with Crippen molar-refractivity contribution in [3.05, 3.63) is 69.1 Å². The van der Waals surface area contributed by atoms with E-state index in [9.17, 15) is 13.6 Å². The smallest absolute Gasteiger partial charge is 0.362 e. The molecule has 0 spiro atoms. The van der Waals surface area contributed by atoms with Gasteiger partial charge >= 0.3 is 5.69 Å². The lowest BCUT2D eigenvalue weighted by Gasteiger charge is -2.04. The second-order valence-corrected chi connectivity index (χ2v) is 5.19. The molecule has 3 rings (SSSR count). The van der Waals surface area contributed by atoms with Crippen LogP contribution in [0, 0.1) is 11.6 Å². The normalized spacial score (nSPS) is 11.1. The van der Waals surface area contributed by atoms with Crippen LogP contribution in [0.1, 0.15) is 5.56 Å². The van der Waals surface area contributed by atoms with Gasteiger partial charge in [-0.05, 0) is 35.9 Å². The number of imidazole rings is 1. The predicted octanol–water partition coefficient (Wildman–Crippen LogP) is 2.84. The number of rotatable bonds is 3. The first-order chi connectivity index (χ1) is 10.5. The third-order valence-corrected chi connectivity index (χ3v) is 3.53. The van der Waals surface area contributed by atoms with Crippen molar-refractivity contribution in [3.8, 4) is 0 Å². The fourth-order valence-corrected chi connectivity index (χ4v) is 2.58. The van der Waals surface area contributed by atoms with Gasteiger partial charge in [0.15, 0.2) is 0 Å². The van der Waals surface area contributed by atoms with Gasteiger partial charge in [0.05, 0.1) is 12.1 Å². The van der Waals surface area contributed by atoms with Crippen LogP contribution in [0.2, 0.25) is 5.02 Å². The van der Waals surface area contributed by atoms with E-state index in [1.54, 1.807) is 18.2 Å². The largest absolute Gasteiger partial charge is 0.412 e. The van der Waals surface area contributed by atoms with E-state index in [2.05, 4.69) is 0 Å². The molecule has 0 fully saturated rings. The summed E-state index contributed by atoms with van der Waals surface area (Å²) in [4.78, 5) is 17.4. The molecule has 0 amide bonds. The minimum Gasteiger partial charge on any atom is -0.412 e. The zero-order chi connectivity index (χ0) is 15.9. The molecule has 4 nitrogen and oxygen atoms in total. The van der Waals surface area contributed by atoms with E-state index in [0.717, 1.165) is 10.8 Å². The Morgan fingerprint density at radius 3 is 2.41 bits per heavy atom. The maximum atomic E-state index is 13.3. The molecule has 114 valence electrons. The molecule has 0 aliphatic carbocycles. The van der Waals surface area contributed by atoms with Crippen molar-refractivity contribution >= 4 is 22.6 Å². The van der Waals surface area contributed by atoms with E-state index < -0.39 is 17.3 Å². The van der Waals surface area contributed by atoms with Crippen molar-refractivity contribution in [1.29, 1.82) is 0 Å². The molecule has 0 saturated carbocycles. The second-order valence-electron chi connectivity index (χ2n) is 4.76. The minimum atomic E-state index is -0.698. The number of nitrogens with zero attached hydrogens (tertiary/aromatic N) is 2. The summed E-state index contributed by atoms with van der Waals surface area (Å²) in [5.74, 6) is -1.40. The van der Waals surface area contributed by atoms with Crippen molar-refractivity contribution in [1.82, 2.24) is 9.30 Å². The van der Waals surface area contributed by atoms with Gasteiger partial charge in [-0.25, -0.2) is 13.6 Å². The fraction of sp³-hybridized carbons (Fsp3) is 0.133. The van der Waals surface area contributed by atoms with Gasteiger partial charge in [0.1, 0.15) is 24.3 Å². The summed E-state index contributed by atoms with van der Waals surface area (Å²) in [6.07, 6.45) is 0. The monoisotopic (exact) mass is 324 g/mol. The molecular weight excluding hydrogens is 314 g/mol. The standard InChI is InChI=1S/C15H11ClF2N2O2/c1-22-20-13-3-2-10(16)6-14(13)19(15(20)21)8-9-4-11(17)7-12(18)5-9/h2-7H,8H2,1H3. The van der Waals surface area contributed by atoms with E-state index in [1.165, 1.54) is 23.8 Å². The Labute approximate surface area is 129 Å². The average Bonchev–Trinajstić information content (AvgIpc) is 2.70. The highest BCUT2D eigenvalue weighted by atomic mass is 35.5. The zero-order valence-electron chi connectivity index (χ0n) is 11.5. The van der Waals surface area contributed by atoms with Crippen LogP contribution in [-0.4, -0.2) is 16.4 Å². The lowest BCUT2D eigenvalue weighted by molar-refractivity contribution is 0.166. The molecule has 0 saturated heterocycles. The molecule has 1 heterocycles. The first kappa shape index (κ1) is 14.6. The molecule has 0 bridgehead atoms. The number of hydrogen-bond acceptors (Lipinski definition) is 2. The highest BCUT2D eigenvalue weighted by Crippen LogP contribution is 2.19. The lowest BCUT2D eigenvalue weighted by Crippen LogP contribution is -2.27. The molecule has 0 unspecified atom stereocenters. The maximum absolute atomic E-state index is 13.3. The van der Waals surface area contributed by atoms with Crippen molar-refractivity contribution in [2.45, 2.75) is 6.54 Å². The number of benzene rings is 2. The van der Waals surface area contributed by atoms with E-state index in [1.807, 2.05) is 0 Å². The summed E-state index contributed by atoms with van der Waals surface area (Å²) in [5.41, 5.74) is 0.914. The zero-order valence-corrected chi connectivity index (χ0v) is 12.3. The molecule has 0 aliphatic heterocycles. The molecule has 1 aromatic heterocycles. The van der Waals surface area contributed by atoms with E-state index in [0.29, 0.717) is 21.6 Å². The molecule has 7 heteroatoms. The molecule has 0 N–H and O–H groups in total. The lowest BCUT2D eigenvalue weighted by atomic mass is 10.2. The van der Waals surface area contributed by atoms with Crippen LogP contribution in [-0.2, 0) is 6.54 Å². The summed E-state index contributed by atoms with van der Waals surface area (Å²) in [5, 5.41) is 0.444. The Kier molecular flexibility index (Phi) is 3.62. The van der Waals surface area contributed by atoms with Crippen LogP contribution in [0.3, 0.4) is 0 Å². The summed E-state index contributed by atoms with van der Waals surface area (Å²) < 4.78 is 29.0. The molecular formula is C15H11ClF2N2O2. The van der Waals surface area contributed by atoms with Crippen LogP contribution in [0.25, 0.3) is 11.0 Å². The first-order valence-corrected chi connectivity index (χ1v) is 6.77. The molecule has 0 radical (unpaired) electrons. The van der Waals surface area contributed by atoms with Gasteiger partial charge in [-0.1, -0.05) is 11.6 Å². The van der Waals surface area contributed by atoms with Crippen LogP contribution in [0.15, 0.2) is 41.2 Å². The number of aromatic nitrogens is 2. The second kappa shape index (κ2) is 5.46. The molecule has 3 aromatic rings. The highest BCUT2D eigenvalue weighted by molar-refractivity contribution is 6.31. The van der Waals surface area contributed by atoms with Gasteiger partial charge in [0.2, 0.25) is 0 Å². The Bertz CT molecular complexity index is 898. The Morgan fingerprint density at radius 2 is 1.77 bits per heavy atom. The average molecular weight is 325 g/mol. The summed E-state index contributed by atoms with van der Waals surface area (Å²) >= 11 is 5.96. The Morgan fingerprint density at radius 1 is 1.09 bits per heavy atom. The highest BCUT2D eigenvalue weighted by Gasteiger charge is 2.15. The Balaban J connectivity index is 2.19. The number of fused-ring (bicyclic) bond motifs is 1. The molecule has 22 heavy (non-hydrogen) atoms. The summed E-state index contributed by atoms with van der Waals surface area (Å²) in [7, 11) is 1.36. The van der Waals surface area contributed by atoms with Gasteiger partial charge in [-0.15, -0.1) is 4.73 Å². The van der Waals surface area contributed by atoms with Crippen LogP contribution in [0.5, 0.6) is 0 Å². The van der Waals surface area contributed by atoms with Crippen molar-refractivity contribution < 1.29 is 13.6 Å². The van der Waals surface area contributed by atoms with Crippen molar-refractivity contribution in [2.75, 3.05) is 7.11 Å². The Hall–Kier alpha value is -2.34. The topological polar surface area (TPSA) is 36.2 Å². The van der Waals surface area contributed by atoms with E-state index in [-0.39, 0.29) is 6.54 Å². The minimum absolute atomic E-state index is 0.000710. The quantitative estimate of drug-likeness (QED) is 0.743. The van der Waals surface area contributed by atoms with Gasteiger partial charge < -0.3 is 4.84 Å². The van der Waals surface area contributed by atoms with Gasteiger partial charge in [-0.3, -0.25) is 4.57 Å².